The van der Waals surface area contributed by atoms with Gasteiger partial charge in [0, 0.05) is 28.5 Å². The predicted octanol–water partition coefficient (Wildman–Crippen LogP) is 4.28. The molecule has 1 aromatic carbocycles. The number of aryl methyl sites for hydroxylation is 2. The summed E-state index contributed by atoms with van der Waals surface area (Å²) in [7, 11) is 0. The molecule has 1 aliphatic heterocycles. The molecule has 1 amide bonds. The third-order valence-corrected chi connectivity index (χ3v) is 6.57. The van der Waals surface area contributed by atoms with Gasteiger partial charge in [-0.1, -0.05) is 18.2 Å². The Kier molecular flexibility index (Phi) is 4.13. The zero-order valence-electron chi connectivity index (χ0n) is 14.6. The highest BCUT2D eigenvalue weighted by atomic mass is 32.1. The van der Waals surface area contributed by atoms with Crippen LogP contribution in [0, 0.1) is 13.8 Å². The monoisotopic (exact) mass is 353 g/mol. The molecule has 3 N–H and O–H groups in total. The average molecular weight is 353 g/mol. The number of carbonyl (C=O) groups excluding carboxylic acids is 1. The van der Waals surface area contributed by atoms with Gasteiger partial charge in [0.15, 0.2) is 0 Å². The second-order valence-corrected chi connectivity index (χ2v) is 8.02. The summed E-state index contributed by atoms with van der Waals surface area (Å²) in [5.74, 6) is -0.331. The summed E-state index contributed by atoms with van der Waals surface area (Å²) in [6.07, 6.45) is 2.32. The van der Waals surface area contributed by atoms with E-state index in [-0.39, 0.29) is 5.91 Å². The van der Waals surface area contributed by atoms with Crippen LogP contribution in [0.15, 0.2) is 30.3 Å². The molecule has 3 aromatic rings. The van der Waals surface area contributed by atoms with E-state index in [1.165, 1.54) is 50.4 Å². The van der Waals surface area contributed by atoms with Crippen LogP contribution in [-0.2, 0) is 6.54 Å². The van der Waals surface area contributed by atoms with Crippen LogP contribution in [0.3, 0.4) is 0 Å². The number of H-pyrrole nitrogens is 1. The SMILES string of the molecule is Cc1[nH]c2c(CN3CCCC3c3ccc(C(N)=O)s3)cccc2c1C. The van der Waals surface area contributed by atoms with Crippen molar-refractivity contribution in [2.45, 2.75) is 39.3 Å². The van der Waals surface area contributed by atoms with Crippen molar-refractivity contribution in [3.8, 4) is 0 Å². The van der Waals surface area contributed by atoms with E-state index in [1.54, 1.807) is 0 Å². The smallest absolute Gasteiger partial charge is 0.258 e. The summed E-state index contributed by atoms with van der Waals surface area (Å²) in [6.45, 7) is 6.32. The third-order valence-electron chi connectivity index (χ3n) is 5.36. The van der Waals surface area contributed by atoms with Crippen molar-refractivity contribution in [2.24, 2.45) is 5.73 Å². The first-order valence-corrected chi connectivity index (χ1v) is 9.56. The first kappa shape index (κ1) is 16.4. The lowest BCUT2D eigenvalue weighted by Gasteiger charge is -2.24. The minimum Gasteiger partial charge on any atom is -0.365 e. The number of likely N-dealkylation sites (tertiary alicyclic amines) is 1. The number of aromatic amines is 1. The van der Waals surface area contributed by atoms with E-state index in [1.807, 2.05) is 6.07 Å². The Morgan fingerprint density at radius 2 is 2.16 bits per heavy atom. The maximum absolute atomic E-state index is 11.4. The van der Waals surface area contributed by atoms with E-state index in [0.29, 0.717) is 10.9 Å². The molecule has 2 aromatic heterocycles. The number of fused-ring (bicyclic) bond motifs is 1. The number of aromatic nitrogens is 1. The number of carbonyl (C=O) groups is 1. The Morgan fingerprint density at radius 3 is 2.92 bits per heavy atom. The van der Waals surface area contributed by atoms with Gasteiger partial charge in [0.1, 0.15) is 0 Å². The number of para-hydroxylation sites is 1. The van der Waals surface area contributed by atoms with Crippen LogP contribution in [0.1, 0.15) is 50.3 Å². The Bertz CT molecular complexity index is 940. The van der Waals surface area contributed by atoms with Gasteiger partial charge in [0.25, 0.3) is 5.91 Å². The molecule has 1 unspecified atom stereocenters. The second-order valence-electron chi connectivity index (χ2n) is 6.91. The zero-order chi connectivity index (χ0) is 17.6. The lowest BCUT2D eigenvalue weighted by atomic mass is 10.1. The molecule has 1 aliphatic rings. The number of nitrogens with two attached hydrogens (primary N) is 1. The highest BCUT2D eigenvalue weighted by molar-refractivity contribution is 7.14. The van der Waals surface area contributed by atoms with Crippen LogP contribution in [0.25, 0.3) is 10.9 Å². The molecule has 4 nitrogen and oxygen atoms in total. The number of nitrogens with zero attached hydrogens (tertiary/aromatic N) is 1. The van der Waals surface area contributed by atoms with E-state index >= 15 is 0 Å². The van der Waals surface area contributed by atoms with Crippen LogP contribution < -0.4 is 5.73 Å². The standard InChI is InChI=1S/C20H23N3OS/c1-12-13(2)22-19-14(5-3-6-15(12)19)11-23-10-4-7-16(23)17-8-9-18(25-17)20(21)24/h3,5-6,8-9,16,22H,4,7,10-11H2,1-2H3,(H2,21,24). The summed E-state index contributed by atoms with van der Waals surface area (Å²) in [6, 6.07) is 10.9. The van der Waals surface area contributed by atoms with Gasteiger partial charge in [-0.2, -0.15) is 0 Å². The largest absolute Gasteiger partial charge is 0.365 e. The number of nitrogens with one attached hydrogen (secondary N) is 1. The first-order chi connectivity index (χ1) is 12.0. The summed E-state index contributed by atoms with van der Waals surface area (Å²) < 4.78 is 0. The van der Waals surface area contributed by atoms with Crippen LogP contribution in [0.2, 0.25) is 0 Å². The molecule has 5 heteroatoms. The van der Waals surface area contributed by atoms with Crippen molar-refractivity contribution in [2.75, 3.05) is 6.54 Å². The summed E-state index contributed by atoms with van der Waals surface area (Å²) in [4.78, 5) is 19.4. The fourth-order valence-electron chi connectivity index (χ4n) is 3.90. The lowest BCUT2D eigenvalue weighted by Crippen LogP contribution is -2.22. The molecule has 0 aliphatic carbocycles. The van der Waals surface area contributed by atoms with Crippen LogP contribution in [0.5, 0.6) is 0 Å². The minimum absolute atomic E-state index is 0.331. The fourth-order valence-corrected chi connectivity index (χ4v) is 4.93. The van der Waals surface area contributed by atoms with Gasteiger partial charge in [-0.05, 0) is 56.5 Å². The molecule has 1 atom stereocenters. The van der Waals surface area contributed by atoms with E-state index in [4.69, 9.17) is 5.73 Å². The number of hydrogen-bond donors (Lipinski definition) is 2. The number of primary amides is 1. The molecule has 3 heterocycles. The fraction of sp³-hybridized carbons (Fsp3) is 0.350. The van der Waals surface area contributed by atoms with E-state index in [0.717, 1.165) is 19.5 Å². The van der Waals surface area contributed by atoms with Crippen molar-refractivity contribution in [3.63, 3.8) is 0 Å². The van der Waals surface area contributed by atoms with Gasteiger partial charge < -0.3 is 10.7 Å². The highest BCUT2D eigenvalue weighted by Crippen LogP contribution is 2.37. The maximum atomic E-state index is 11.4. The van der Waals surface area contributed by atoms with Crippen molar-refractivity contribution in [3.05, 3.63) is 56.9 Å². The maximum Gasteiger partial charge on any atom is 0.258 e. The highest BCUT2D eigenvalue weighted by Gasteiger charge is 2.28. The van der Waals surface area contributed by atoms with Crippen LogP contribution in [-0.4, -0.2) is 22.3 Å². The third kappa shape index (κ3) is 2.87. The molecular weight excluding hydrogens is 330 g/mol. The van der Waals surface area contributed by atoms with E-state index < -0.39 is 0 Å². The topological polar surface area (TPSA) is 62.1 Å². The summed E-state index contributed by atoms with van der Waals surface area (Å²) >= 11 is 1.54. The predicted molar refractivity (Wildman–Crippen MR) is 103 cm³/mol. The van der Waals surface area contributed by atoms with Gasteiger partial charge in [-0.25, -0.2) is 0 Å². The van der Waals surface area contributed by atoms with Gasteiger partial charge >= 0.3 is 0 Å². The van der Waals surface area contributed by atoms with Gasteiger partial charge in [0.2, 0.25) is 0 Å². The van der Waals surface area contributed by atoms with E-state index in [9.17, 15) is 4.79 Å². The molecule has 0 saturated carbocycles. The normalized spacial score (nSPS) is 18.2. The molecule has 0 bridgehead atoms. The molecular formula is C20H23N3OS. The molecule has 0 radical (unpaired) electrons. The van der Waals surface area contributed by atoms with Crippen molar-refractivity contribution in [1.82, 2.24) is 9.88 Å². The number of thiophene rings is 1. The molecule has 130 valence electrons. The number of hydrogen-bond acceptors (Lipinski definition) is 3. The molecule has 0 spiro atoms. The summed E-state index contributed by atoms with van der Waals surface area (Å²) in [5.41, 5.74) is 10.6. The van der Waals surface area contributed by atoms with Crippen molar-refractivity contribution >= 4 is 28.1 Å². The van der Waals surface area contributed by atoms with E-state index in [2.05, 4.69) is 48.0 Å². The summed E-state index contributed by atoms with van der Waals surface area (Å²) in [5, 5.41) is 1.32. The first-order valence-electron chi connectivity index (χ1n) is 8.75. The number of benzene rings is 1. The Hall–Kier alpha value is -2.11. The average Bonchev–Trinajstić information content (AvgIpc) is 3.29. The molecule has 25 heavy (non-hydrogen) atoms. The Labute approximate surface area is 151 Å². The number of amides is 1. The van der Waals surface area contributed by atoms with Crippen molar-refractivity contribution in [1.29, 1.82) is 0 Å². The van der Waals surface area contributed by atoms with Crippen LogP contribution >= 0.6 is 11.3 Å². The van der Waals surface area contributed by atoms with Gasteiger partial charge in [0.05, 0.1) is 10.4 Å². The van der Waals surface area contributed by atoms with Gasteiger partial charge in [-0.15, -0.1) is 11.3 Å². The zero-order valence-corrected chi connectivity index (χ0v) is 15.5. The second kappa shape index (κ2) is 6.32. The van der Waals surface area contributed by atoms with Crippen molar-refractivity contribution < 1.29 is 4.79 Å². The van der Waals surface area contributed by atoms with Gasteiger partial charge in [-0.3, -0.25) is 9.69 Å². The molecule has 1 fully saturated rings. The number of rotatable bonds is 4. The van der Waals surface area contributed by atoms with Crippen LogP contribution in [0.4, 0.5) is 0 Å². The minimum atomic E-state index is -0.331. The Balaban J connectivity index is 1.63. The molecule has 1 saturated heterocycles. The lowest BCUT2D eigenvalue weighted by molar-refractivity contribution is 0.100. The Morgan fingerprint density at radius 1 is 1.32 bits per heavy atom. The quantitative estimate of drug-likeness (QED) is 0.735. The molecule has 4 rings (SSSR count).